The van der Waals surface area contributed by atoms with Gasteiger partial charge in [-0.2, -0.15) is 0 Å². The fraction of sp³-hybridized carbons (Fsp3) is 0.969. The van der Waals surface area contributed by atoms with Gasteiger partial charge in [-0.15, -0.1) is 0 Å². The van der Waals surface area contributed by atoms with Crippen molar-refractivity contribution in [2.45, 2.75) is 265 Å². The topological polar surface area (TPSA) is 113 Å². The van der Waals surface area contributed by atoms with Gasteiger partial charge in [-0.3, -0.25) is 9.59 Å². The van der Waals surface area contributed by atoms with E-state index in [-0.39, 0.29) is 18.5 Å². The Hall–Kier alpha value is -1.30. The minimum Gasteiger partial charge on any atom is -0.466 e. The number of carbonyl (C=O) groups is 2. The summed E-state index contributed by atoms with van der Waals surface area (Å²) in [6.07, 6.45) is 20.2. The van der Waals surface area contributed by atoms with Gasteiger partial charge in [0.2, 0.25) is 0 Å². The van der Waals surface area contributed by atoms with Crippen LogP contribution in [0.5, 0.6) is 0 Å². The minimum atomic E-state index is -0.399. The molecule has 74 heavy (non-hydrogen) atoms. The molecule has 0 heterocycles. The number of ether oxygens (including phenoxy) is 6. The lowest BCUT2D eigenvalue weighted by molar-refractivity contribution is -0.171. The number of hydrogen-bond acceptors (Lipinski definition) is 10. The molecule has 442 valence electrons. The molecule has 0 aromatic carbocycles. The number of rotatable bonds is 52. The molecule has 0 spiro atoms. The zero-order valence-corrected chi connectivity index (χ0v) is 51.9. The molecule has 4 atom stereocenters. The fourth-order valence-electron chi connectivity index (χ4n) is 9.33. The molecule has 0 saturated heterocycles. The highest BCUT2D eigenvalue weighted by atomic mass is 16.7. The number of nitrogens with zero attached hydrogens (tertiary/aromatic N) is 1. The number of unbranched alkanes of at least 4 members (excludes halogenated alkanes) is 7. The normalized spacial score (nSPS) is 14.9. The Balaban J connectivity index is 4.86. The third-order valence-electron chi connectivity index (χ3n) is 15.5. The Morgan fingerprint density at radius 3 is 0.878 bits per heavy atom. The summed E-state index contributed by atoms with van der Waals surface area (Å²) in [6.45, 7) is 43.3. The van der Waals surface area contributed by atoms with E-state index in [2.05, 4.69) is 116 Å². The SMILES string of the molecule is CC(C)CCC(COC(CCC(=O)OCCCCCCN(CCCCO)CCCCCCOC(=O)CCC(OCC(CCC(C)C)C(C)C)OCC(CCC(C)C)C(C)C)OCC(CCC(C)C)C(C)C)C(C)C. The first-order valence-corrected chi connectivity index (χ1v) is 31.2. The van der Waals surface area contributed by atoms with Crippen LogP contribution >= 0.6 is 0 Å². The van der Waals surface area contributed by atoms with E-state index in [4.69, 9.17) is 28.4 Å². The van der Waals surface area contributed by atoms with Crippen molar-refractivity contribution in [1.29, 1.82) is 0 Å². The zero-order chi connectivity index (χ0) is 55.7. The molecule has 0 saturated carbocycles. The van der Waals surface area contributed by atoms with Gasteiger partial charge in [0, 0.05) is 19.4 Å². The molecule has 10 nitrogen and oxygen atoms in total. The van der Waals surface area contributed by atoms with Crippen LogP contribution in [0.15, 0.2) is 0 Å². The predicted octanol–water partition coefficient (Wildman–Crippen LogP) is 16.4. The van der Waals surface area contributed by atoms with Gasteiger partial charge in [0.1, 0.15) is 0 Å². The van der Waals surface area contributed by atoms with E-state index >= 15 is 0 Å². The summed E-state index contributed by atoms with van der Waals surface area (Å²) < 4.78 is 37.3. The average Bonchev–Trinajstić information content (AvgIpc) is 3.32. The zero-order valence-electron chi connectivity index (χ0n) is 51.9. The van der Waals surface area contributed by atoms with E-state index in [1.807, 2.05) is 0 Å². The molecule has 0 radical (unpaired) electrons. The lowest BCUT2D eigenvalue weighted by Gasteiger charge is -2.28. The van der Waals surface area contributed by atoms with Crippen molar-refractivity contribution < 1.29 is 43.1 Å². The summed E-state index contributed by atoms with van der Waals surface area (Å²) in [7, 11) is 0. The van der Waals surface area contributed by atoms with Crippen LogP contribution in [-0.2, 0) is 38.0 Å². The van der Waals surface area contributed by atoms with Crippen LogP contribution in [-0.4, -0.2) is 100 Å². The fourth-order valence-corrected chi connectivity index (χ4v) is 9.33. The molecule has 4 unspecified atom stereocenters. The second kappa shape index (κ2) is 46.6. The highest BCUT2D eigenvalue weighted by molar-refractivity contribution is 5.69. The van der Waals surface area contributed by atoms with E-state index in [0.29, 0.717) is 136 Å². The first-order chi connectivity index (χ1) is 35.1. The first kappa shape index (κ1) is 72.7. The molecule has 0 rings (SSSR count). The maximum Gasteiger partial charge on any atom is 0.305 e. The molecular weight excluding hydrogens is 927 g/mol. The predicted molar refractivity (Wildman–Crippen MR) is 311 cm³/mol. The van der Waals surface area contributed by atoms with E-state index in [0.717, 1.165) is 110 Å². The van der Waals surface area contributed by atoms with Gasteiger partial charge in [-0.25, -0.2) is 0 Å². The number of carbonyl (C=O) groups excluding carboxylic acids is 2. The Kier molecular flexibility index (Phi) is 45.8. The molecule has 0 fully saturated rings. The van der Waals surface area contributed by atoms with Crippen LogP contribution < -0.4 is 0 Å². The second-order valence-corrected chi connectivity index (χ2v) is 25.7. The lowest BCUT2D eigenvalue weighted by Crippen LogP contribution is -2.28. The van der Waals surface area contributed by atoms with Crippen molar-refractivity contribution >= 4 is 11.9 Å². The molecule has 0 aliphatic heterocycles. The number of hydrogen-bond donors (Lipinski definition) is 1. The number of esters is 2. The summed E-state index contributed by atoms with van der Waals surface area (Å²) in [6, 6.07) is 0. The van der Waals surface area contributed by atoms with Crippen LogP contribution in [0.3, 0.4) is 0 Å². The van der Waals surface area contributed by atoms with Crippen LogP contribution in [0, 0.1) is 71.0 Å². The van der Waals surface area contributed by atoms with Crippen LogP contribution in [0.1, 0.15) is 252 Å². The van der Waals surface area contributed by atoms with Crippen molar-refractivity contribution in [3.63, 3.8) is 0 Å². The molecule has 0 aliphatic rings. The van der Waals surface area contributed by atoms with Crippen molar-refractivity contribution in [1.82, 2.24) is 4.90 Å². The molecule has 0 amide bonds. The van der Waals surface area contributed by atoms with E-state index in [1.54, 1.807) is 0 Å². The minimum absolute atomic E-state index is 0.166. The van der Waals surface area contributed by atoms with Crippen LogP contribution in [0.25, 0.3) is 0 Å². The Labute approximate surface area is 459 Å². The Morgan fingerprint density at radius 1 is 0.351 bits per heavy atom. The number of aliphatic hydroxyl groups excluding tert-OH is 1. The quantitative estimate of drug-likeness (QED) is 0.0359. The molecule has 0 aliphatic carbocycles. The lowest BCUT2D eigenvalue weighted by atomic mass is 9.89. The molecule has 1 N–H and O–H groups in total. The van der Waals surface area contributed by atoms with Gasteiger partial charge >= 0.3 is 11.9 Å². The monoisotopic (exact) mass is 1050 g/mol. The van der Waals surface area contributed by atoms with Crippen molar-refractivity contribution in [2.75, 3.05) is 65.9 Å². The molecule has 0 aromatic heterocycles. The highest BCUT2D eigenvalue weighted by Crippen LogP contribution is 2.27. The summed E-state index contributed by atoms with van der Waals surface area (Å²) >= 11 is 0. The Morgan fingerprint density at radius 2 is 0.622 bits per heavy atom. The van der Waals surface area contributed by atoms with Gasteiger partial charge in [0.15, 0.2) is 12.6 Å². The van der Waals surface area contributed by atoms with Crippen LogP contribution in [0.4, 0.5) is 0 Å². The van der Waals surface area contributed by atoms with E-state index in [9.17, 15) is 14.7 Å². The van der Waals surface area contributed by atoms with Crippen molar-refractivity contribution in [3.8, 4) is 0 Å². The third kappa shape index (κ3) is 42.7. The van der Waals surface area contributed by atoms with Gasteiger partial charge in [0.05, 0.1) is 52.5 Å². The summed E-state index contributed by atoms with van der Waals surface area (Å²) in [4.78, 5) is 28.4. The second-order valence-electron chi connectivity index (χ2n) is 25.7. The van der Waals surface area contributed by atoms with Gasteiger partial charge in [-0.1, -0.05) is 162 Å². The third-order valence-corrected chi connectivity index (χ3v) is 15.5. The smallest absolute Gasteiger partial charge is 0.305 e. The average molecular weight is 1050 g/mol. The van der Waals surface area contributed by atoms with Crippen molar-refractivity contribution in [3.05, 3.63) is 0 Å². The maximum atomic E-state index is 12.9. The Bertz CT molecular complexity index is 1130. The molecule has 10 heteroatoms. The number of aliphatic hydroxyl groups is 1. The summed E-state index contributed by atoms with van der Waals surface area (Å²) in [5.41, 5.74) is 0. The van der Waals surface area contributed by atoms with Gasteiger partial charge in [-0.05, 0) is 155 Å². The van der Waals surface area contributed by atoms with Gasteiger partial charge < -0.3 is 38.4 Å². The largest absolute Gasteiger partial charge is 0.466 e. The maximum absolute atomic E-state index is 12.9. The van der Waals surface area contributed by atoms with E-state index < -0.39 is 12.6 Å². The molecule has 0 bridgehead atoms. The summed E-state index contributed by atoms with van der Waals surface area (Å²) in [5, 5.41) is 9.44. The highest BCUT2D eigenvalue weighted by Gasteiger charge is 2.24. The summed E-state index contributed by atoms with van der Waals surface area (Å²) in [5.74, 6) is 6.33. The van der Waals surface area contributed by atoms with Gasteiger partial charge in [0.25, 0.3) is 0 Å². The standard InChI is InChI=1S/C64H127NO9/c1-49(2)27-31-57(53(9)10)45-71-63(72-46-58(54(11)12)32-28-50(3)4)37-35-61(67)69-43-25-19-17-21-39-65(41-23-24-42-66)40-22-18-20-26-44-70-62(68)36-38-64(73-47-59(55(13)14)33-29-51(5)6)74-48-60(56(15)16)34-30-52(7)8/h49-60,63-64,66H,17-48H2,1-16H3. The van der Waals surface area contributed by atoms with Crippen LogP contribution in [0.2, 0.25) is 0 Å². The first-order valence-electron chi connectivity index (χ1n) is 31.2. The van der Waals surface area contributed by atoms with E-state index in [1.165, 1.54) is 25.7 Å². The molecule has 0 aromatic rings. The molecular formula is C64H127NO9. The van der Waals surface area contributed by atoms with Crippen molar-refractivity contribution in [2.24, 2.45) is 71.0 Å².